The van der Waals surface area contributed by atoms with Crippen LogP contribution in [-0.2, 0) is 23.8 Å². The fourth-order valence-electron chi connectivity index (χ4n) is 4.38. The number of hydrogen-bond donors (Lipinski definition) is 2. The molecule has 2 atom stereocenters. The molecule has 0 radical (unpaired) electrons. The highest BCUT2D eigenvalue weighted by molar-refractivity contribution is 5.67. The van der Waals surface area contributed by atoms with Crippen LogP contribution in [0.25, 0.3) is 0 Å². The lowest BCUT2D eigenvalue weighted by atomic mass is 9.92. The Hall–Kier alpha value is -2.61. The molecule has 0 spiro atoms. The van der Waals surface area contributed by atoms with E-state index in [1.807, 2.05) is 0 Å². The molecule has 0 unspecified atom stereocenters. The van der Waals surface area contributed by atoms with Gasteiger partial charge in [0.05, 0.1) is 12.7 Å². The van der Waals surface area contributed by atoms with E-state index in [0.29, 0.717) is 24.3 Å². The van der Waals surface area contributed by atoms with E-state index in [1.165, 1.54) is 31.4 Å². The van der Waals surface area contributed by atoms with E-state index < -0.39 is 17.7 Å². The van der Waals surface area contributed by atoms with E-state index in [0.717, 1.165) is 24.8 Å². The number of benzene rings is 2. The minimum absolute atomic E-state index is 0.0162. The second-order valence-electron chi connectivity index (χ2n) is 8.18. The molecular weight excluding hydrogens is 426 g/mol. The molecule has 0 bridgehead atoms. The summed E-state index contributed by atoms with van der Waals surface area (Å²) in [7, 11) is 1.50. The van der Waals surface area contributed by atoms with Crippen molar-refractivity contribution in [1.82, 2.24) is 5.32 Å². The minimum Gasteiger partial charge on any atom is -0.496 e. The molecule has 32 heavy (non-hydrogen) atoms. The number of methoxy groups -OCH3 is 1. The van der Waals surface area contributed by atoms with Crippen LogP contribution in [0.15, 0.2) is 36.4 Å². The summed E-state index contributed by atoms with van der Waals surface area (Å²) in [5.74, 6) is -0.962. The molecule has 1 fully saturated rings. The van der Waals surface area contributed by atoms with Crippen LogP contribution in [-0.4, -0.2) is 30.8 Å². The van der Waals surface area contributed by atoms with E-state index in [1.54, 1.807) is 12.1 Å². The second kappa shape index (κ2) is 10.3. The van der Waals surface area contributed by atoms with Crippen LogP contribution < -0.4 is 10.1 Å². The molecule has 1 aliphatic rings. The van der Waals surface area contributed by atoms with Crippen LogP contribution in [0, 0.1) is 5.82 Å². The van der Waals surface area contributed by atoms with Gasteiger partial charge in [-0.3, -0.25) is 4.79 Å². The Bertz CT molecular complexity index is 945. The Kier molecular flexibility index (Phi) is 7.77. The first kappa shape index (κ1) is 24.0. The van der Waals surface area contributed by atoms with Crippen LogP contribution in [0.5, 0.6) is 5.75 Å². The van der Waals surface area contributed by atoms with Crippen LogP contribution >= 0.6 is 0 Å². The number of hydrogen-bond acceptors (Lipinski definition) is 3. The number of ether oxygens (including phenoxy) is 1. The predicted octanol–water partition coefficient (Wildman–Crippen LogP) is 5.34. The number of aryl methyl sites for hydroxylation is 1. The van der Waals surface area contributed by atoms with Crippen LogP contribution in [0.4, 0.5) is 17.6 Å². The molecule has 1 aliphatic carbocycles. The SMILES string of the molecule is COc1cc(F)ccc1CCN[C@H]1CC[C@H](c2ccc(CCC(=O)O)c(C(F)(F)F)c2)C1. The molecular formula is C24H27F4NO3. The van der Waals surface area contributed by atoms with Gasteiger partial charge in [0, 0.05) is 18.5 Å². The highest BCUT2D eigenvalue weighted by Gasteiger charge is 2.35. The van der Waals surface area contributed by atoms with E-state index in [4.69, 9.17) is 9.84 Å². The van der Waals surface area contributed by atoms with Gasteiger partial charge >= 0.3 is 12.1 Å². The number of alkyl halides is 3. The van der Waals surface area contributed by atoms with Crippen LogP contribution in [0.3, 0.4) is 0 Å². The van der Waals surface area contributed by atoms with Gasteiger partial charge in [-0.25, -0.2) is 4.39 Å². The maximum atomic E-state index is 13.5. The van der Waals surface area contributed by atoms with E-state index in [2.05, 4.69) is 5.32 Å². The first-order valence-corrected chi connectivity index (χ1v) is 10.6. The zero-order valence-corrected chi connectivity index (χ0v) is 17.8. The van der Waals surface area contributed by atoms with Crippen molar-refractivity contribution in [3.63, 3.8) is 0 Å². The summed E-state index contributed by atoms with van der Waals surface area (Å²) in [6, 6.07) is 8.92. The normalized spacial score (nSPS) is 18.7. The fraction of sp³-hybridized carbons (Fsp3) is 0.458. The standard InChI is InChI=1S/C24H27F4NO3/c1-32-22-14-19(25)7-4-16(22)10-11-29-20-8-5-17(12-20)18-3-2-15(6-9-23(30)31)21(13-18)24(26,27)28/h2-4,7,13-14,17,20,29H,5-6,8-12H2,1H3,(H,30,31)/t17-,20-/m0/s1. The van der Waals surface area contributed by atoms with Gasteiger partial charge in [0.1, 0.15) is 11.6 Å². The molecule has 0 amide bonds. The highest BCUT2D eigenvalue weighted by Crippen LogP contribution is 2.39. The monoisotopic (exact) mass is 453 g/mol. The first-order chi connectivity index (χ1) is 15.2. The fourth-order valence-corrected chi connectivity index (χ4v) is 4.38. The summed E-state index contributed by atoms with van der Waals surface area (Å²) in [6.45, 7) is 0.654. The topological polar surface area (TPSA) is 58.6 Å². The zero-order chi connectivity index (χ0) is 23.3. The van der Waals surface area contributed by atoms with E-state index in [9.17, 15) is 22.4 Å². The minimum atomic E-state index is -4.52. The Morgan fingerprint density at radius 3 is 2.56 bits per heavy atom. The van der Waals surface area contributed by atoms with Gasteiger partial charge in [-0.05, 0) is 73.4 Å². The number of aliphatic carboxylic acids is 1. The lowest BCUT2D eigenvalue weighted by Gasteiger charge is -2.18. The van der Waals surface area contributed by atoms with Crippen molar-refractivity contribution in [1.29, 1.82) is 0 Å². The predicted molar refractivity (Wildman–Crippen MR) is 112 cm³/mol. The Balaban J connectivity index is 1.60. The van der Waals surface area contributed by atoms with Gasteiger partial charge in [-0.1, -0.05) is 18.2 Å². The molecule has 0 aromatic heterocycles. The van der Waals surface area contributed by atoms with E-state index in [-0.39, 0.29) is 36.2 Å². The number of carbonyl (C=O) groups is 1. The maximum absolute atomic E-state index is 13.5. The molecule has 174 valence electrons. The van der Waals surface area contributed by atoms with Gasteiger partial charge < -0.3 is 15.2 Å². The van der Waals surface area contributed by atoms with Crippen molar-refractivity contribution >= 4 is 5.97 Å². The largest absolute Gasteiger partial charge is 0.496 e. The molecule has 8 heteroatoms. The highest BCUT2D eigenvalue weighted by atomic mass is 19.4. The summed E-state index contributed by atoms with van der Waals surface area (Å²) in [4.78, 5) is 10.8. The lowest BCUT2D eigenvalue weighted by molar-refractivity contribution is -0.140. The zero-order valence-electron chi connectivity index (χ0n) is 17.8. The Morgan fingerprint density at radius 1 is 1.12 bits per heavy atom. The molecule has 4 nitrogen and oxygen atoms in total. The molecule has 0 saturated heterocycles. The molecule has 2 N–H and O–H groups in total. The van der Waals surface area contributed by atoms with Crippen molar-refractivity contribution in [2.75, 3.05) is 13.7 Å². The summed E-state index contributed by atoms with van der Waals surface area (Å²) < 4.78 is 59.1. The van der Waals surface area contributed by atoms with Gasteiger partial charge in [0.2, 0.25) is 0 Å². The van der Waals surface area contributed by atoms with Crippen molar-refractivity contribution in [2.24, 2.45) is 0 Å². The number of nitrogens with one attached hydrogen (secondary N) is 1. The number of carboxylic acids is 1. The second-order valence-corrected chi connectivity index (χ2v) is 8.18. The van der Waals surface area contributed by atoms with Crippen molar-refractivity contribution in [3.05, 3.63) is 64.5 Å². The quantitative estimate of drug-likeness (QED) is 0.504. The van der Waals surface area contributed by atoms with Gasteiger partial charge in [0.15, 0.2) is 0 Å². The summed E-state index contributed by atoms with van der Waals surface area (Å²) in [5, 5.41) is 12.2. The van der Waals surface area contributed by atoms with Crippen molar-refractivity contribution in [3.8, 4) is 5.75 Å². The molecule has 2 aromatic carbocycles. The van der Waals surface area contributed by atoms with Crippen LogP contribution in [0.1, 0.15) is 53.9 Å². The molecule has 0 heterocycles. The third-order valence-corrected chi connectivity index (χ3v) is 6.03. The Morgan fingerprint density at radius 2 is 1.88 bits per heavy atom. The molecule has 2 aromatic rings. The molecule has 0 aliphatic heterocycles. The average Bonchev–Trinajstić information content (AvgIpc) is 3.21. The number of carboxylic acid groups (broad SMARTS) is 1. The third-order valence-electron chi connectivity index (χ3n) is 6.03. The maximum Gasteiger partial charge on any atom is 0.416 e. The van der Waals surface area contributed by atoms with Gasteiger partial charge in [-0.2, -0.15) is 13.2 Å². The van der Waals surface area contributed by atoms with Crippen molar-refractivity contribution in [2.45, 2.75) is 56.7 Å². The van der Waals surface area contributed by atoms with Gasteiger partial charge in [-0.15, -0.1) is 0 Å². The summed E-state index contributed by atoms with van der Waals surface area (Å²) >= 11 is 0. The molecule has 1 saturated carbocycles. The summed E-state index contributed by atoms with van der Waals surface area (Å²) in [6.07, 6.45) is -1.98. The first-order valence-electron chi connectivity index (χ1n) is 10.6. The lowest BCUT2D eigenvalue weighted by Crippen LogP contribution is -2.28. The number of halogens is 4. The summed E-state index contributed by atoms with van der Waals surface area (Å²) in [5.41, 5.74) is 0.809. The smallest absolute Gasteiger partial charge is 0.416 e. The Labute approximate surface area is 184 Å². The number of rotatable bonds is 9. The van der Waals surface area contributed by atoms with Gasteiger partial charge in [0.25, 0.3) is 0 Å². The van der Waals surface area contributed by atoms with Crippen molar-refractivity contribution < 1.29 is 32.2 Å². The average molecular weight is 453 g/mol. The molecule has 3 rings (SSSR count). The van der Waals surface area contributed by atoms with Crippen LogP contribution in [0.2, 0.25) is 0 Å². The third kappa shape index (κ3) is 6.22. The van der Waals surface area contributed by atoms with E-state index >= 15 is 0 Å².